The van der Waals surface area contributed by atoms with Crippen molar-refractivity contribution in [2.45, 2.75) is 20.8 Å². The molecule has 0 radical (unpaired) electrons. The highest BCUT2D eigenvalue weighted by Gasteiger charge is 2.43. The van der Waals surface area contributed by atoms with Crippen molar-refractivity contribution in [1.29, 1.82) is 0 Å². The highest BCUT2D eigenvalue weighted by atomic mass is 16.7. The van der Waals surface area contributed by atoms with Crippen molar-refractivity contribution >= 4 is 17.7 Å². The predicted molar refractivity (Wildman–Crippen MR) is 44.1 cm³/mol. The van der Waals surface area contributed by atoms with E-state index in [1.807, 2.05) is 0 Å². The predicted octanol–water partition coefficient (Wildman–Crippen LogP) is 0.646. The molecule has 1 N–H and O–H groups in total. The monoisotopic (exact) mass is 185 g/mol. The minimum Gasteiger partial charge on any atom is -0.481 e. The molecule has 1 atom stereocenters. The maximum absolute atomic E-state index is 10.9. The van der Waals surface area contributed by atoms with Crippen molar-refractivity contribution in [1.82, 2.24) is 0 Å². The van der Waals surface area contributed by atoms with Gasteiger partial charge in [-0.1, -0.05) is 5.16 Å². The smallest absolute Gasteiger partial charge is 0.343 e. The zero-order chi connectivity index (χ0) is 10.2. The summed E-state index contributed by atoms with van der Waals surface area (Å²) < 4.78 is 0. The zero-order valence-corrected chi connectivity index (χ0v) is 7.70. The van der Waals surface area contributed by atoms with E-state index in [1.165, 1.54) is 13.8 Å². The lowest BCUT2D eigenvalue weighted by atomic mass is 9.81. The molecule has 1 heterocycles. The van der Waals surface area contributed by atoms with Crippen molar-refractivity contribution in [2.75, 3.05) is 0 Å². The molecular formula is C8H11NO4. The summed E-state index contributed by atoms with van der Waals surface area (Å²) in [7, 11) is 0. The molecule has 0 spiro atoms. The van der Waals surface area contributed by atoms with Crippen LogP contribution >= 0.6 is 0 Å². The first-order valence-electron chi connectivity index (χ1n) is 3.90. The van der Waals surface area contributed by atoms with Crippen LogP contribution in [0, 0.1) is 11.3 Å². The zero-order valence-electron chi connectivity index (χ0n) is 7.70. The second-order valence-corrected chi connectivity index (χ2v) is 3.54. The Bertz CT molecular complexity index is 293. The molecule has 0 aliphatic carbocycles. The van der Waals surface area contributed by atoms with Crippen molar-refractivity contribution in [3.8, 4) is 0 Å². The van der Waals surface area contributed by atoms with Gasteiger partial charge in [-0.25, -0.2) is 4.79 Å². The molecule has 13 heavy (non-hydrogen) atoms. The molecule has 0 bridgehead atoms. The Morgan fingerprint density at radius 1 is 1.62 bits per heavy atom. The van der Waals surface area contributed by atoms with Gasteiger partial charge in [-0.2, -0.15) is 0 Å². The molecule has 0 saturated carbocycles. The summed E-state index contributed by atoms with van der Waals surface area (Å²) in [4.78, 5) is 26.1. The van der Waals surface area contributed by atoms with Gasteiger partial charge in [-0.05, 0) is 20.8 Å². The van der Waals surface area contributed by atoms with E-state index in [-0.39, 0.29) is 5.71 Å². The normalized spacial score (nSPS) is 22.5. The van der Waals surface area contributed by atoms with Gasteiger partial charge in [0.2, 0.25) is 0 Å². The van der Waals surface area contributed by atoms with Crippen molar-refractivity contribution in [2.24, 2.45) is 16.5 Å². The lowest BCUT2D eigenvalue weighted by Gasteiger charge is -2.19. The maximum Gasteiger partial charge on any atom is 0.343 e. The second-order valence-electron chi connectivity index (χ2n) is 3.54. The molecule has 0 fully saturated rings. The average molecular weight is 185 g/mol. The summed E-state index contributed by atoms with van der Waals surface area (Å²) in [5.41, 5.74) is -0.879. The van der Waals surface area contributed by atoms with Gasteiger partial charge in [-0.3, -0.25) is 4.79 Å². The van der Waals surface area contributed by atoms with Crippen LogP contribution in [0.25, 0.3) is 0 Å². The first-order chi connectivity index (χ1) is 5.87. The van der Waals surface area contributed by atoms with E-state index < -0.39 is 23.3 Å². The molecule has 0 aromatic carbocycles. The van der Waals surface area contributed by atoms with Crippen LogP contribution in [-0.2, 0) is 14.4 Å². The highest BCUT2D eigenvalue weighted by molar-refractivity contribution is 6.14. The SMILES string of the molecule is CC1C(=O)ON=C1C(C)(C)C(=O)O. The molecule has 0 aromatic heterocycles. The fourth-order valence-corrected chi connectivity index (χ4v) is 1.13. The number of rotatable bonds is 2. The van der Waals surface area contributed by atoms with Gasteiger partial charge in [0.15, 0.2) is 0 Å². The van der Waals surface area contributed by atoms with Crippen LogP contribution in [0.1, 0.15) is 20.8 Å². The van der Waals surface area contributed by atoms with Crippen LogP contribution in [0.2, 0.25) is 0 Å². The van der Waals surface area contributed by atoms with E-state index in [1.54, 1.807) is 6.92 Å². The Balaban J connectivity index is 2.97. The van der Waals surface area contributed by atoms with E-state index in [4.69, 9.17) is 5.11 Å². The standard InChI is InChI=1S/C8H11NO4/c1-4-5(9-13-6(4)10)8(2,3)7(11)12/h4H,1-3H3,(H,11,12). The number of aliphatic carboxylic acids is 1. The van der Waals surface area contributed by atoms with Crippen LogP contribution in [0.3, 0.4) is 0 Å². The summed E-state index contributed by atoms with van der Waals surface area (Å²) in [5.74, 6) is -2.08. The summed E-state index contributed by atoms with van der Waals surface area (Å²) in [6, 6.07) is 0. The third kappa shape index (κ3) is 1.41. The summed E-state index contributed by atoms with van der Waals surface area (Å²) >= 11 is 0. The number of carbonyl (C=O) groups excluding carboxylic acids is 1. The van der Waals surface area contributed by atoms with Gasteiger partial charge >= 0.3 is 11.9 Å². The molecular weight excluding hydrogens is 174 g/mol. The first-order valence-corrected chi connectivity index (χ1v) is 3.90. The quantitative estimate of drug-likeness (QED) is 0.640. The molecule has 0 saturated heterocycles. The molecule has 72 valence electrons. The number of oxime groups is 1. The van der Waals surface area contributed by atoms with Gasteiger partial charge in [0.1, 0.15) is 5.41 Å². The Labute approximate surface area is 75.4 Å². The van der Waals surface area contributed by atoms with Crippen LogP contribution in [0.5, 0.6) is 0 Å². The van der Waals surface area contributed by atoms with E-state index in [9.17, 15) is 9.59 Å². The number of hydrogen-bond acceptors (Lipinski definition) is 4. The summed E-state index contributed by atoms with van der Waals surface area (Å²) in [5, 5.41) is 12.3. The van der Waals surface area contributed by atoms with Crippen molar-refractivity contribution in [3.05, 3.63) is 0 Å². The molecule has 0 amide bonds. The third-order valence-electron chi connectivity index (χ3n) is 2.17. The van der Waals surface area contributed by atoms with Gasteiger partial charge in [-0.15, -0.1) is 0 Å². The van der Waals surface area contributed by atoms with E-state index in [0.29, 0.717) is 0 Å². The average Bonchev–Trinajstić information content (AvgIpc) is 2.33. The molecule has 1 rings (SSSR count). The van der Waals surface area contributed by atoms with Crippen molar-refractivity contribution in [3.63, 3.8) is 0 Å². The molecule has 0 aromatic rings. The molecule has 5 heteroatoms. The lowest BCUT2D eigenvalue weighted by molar-refractivity contribution is -0.143. The fraction of sp³-hybridized carbons (Fsp3) is 0.625. The number of nitrogens with zero attached hydrogens (tertiary/aromatic N) is 1. The Kier molecular flexibility index (Phi) is 2.11. The number of carboxylic acids is 1. The Morgan fingerprint density at radius 2 is 2.15 bits per heavy atom. The topological polar surface area (TPSA) is 76.0 Å². The summed E-state index contributed by atoms with van der Waals surface area (Å²) in [6.07, 6.45) is 0. The van der Waals surface area contributed by atoms with Crippen LogP contribution in [-0.4, -0.2) is 22.8 Å². The van der Waals surface area contributed by atoms with E-state index in [0.717, 1.165) is 0 Å². The third-order valence-corrected chi connectivity index (χ3v) is 2.17. The Morgan fingerprint density at radius 3 is 2.46 bits per heavy atom. The van der Waals surface area contributed by atoms with Gasteiger partial charge in [0.05, 0.1) is 11.6 Å². The van der Waals surface area contributed by atoms with Gasteiger partial charge < -0.3 is 9.94 Å². The maximum atomic E-state index is 10.9. The fourth-order valence-electron chi connectivity index (χ4n) is 1.13. The van der Waals surface area contributed by atoms with Crippen molar-refractivity contribution < 1.29 is 19.5 Å². The van der Waals surface area contributed by atoms with E-state index in [2.05, 4.69) is 9.99 Å². The lowest BCUT2D eigenvalue weighted by Crippen LogP contribution is -2.36. The molecule has 1 aliphatic heterocycles. The minimum atomic E-state index is -1.15. The van der Waals surface area contributed by atoms with Crippen LogP contribution < -0.4 is 0 Å². The highest BCUT2D eigenvalue weighted by Crippen LogP contribution is 2.27. The minimum absolute atomic E-state index is 0.269. The Hall–Kier alpha value is -1.39. The van der Waals surface area contributed by atoms with Gasteiger partial charge in [0.25, 0.3) is 0 Å². The molecule has 5 nitrogen and oxygen atoms in total. The second kappa shape index (κ2) is 2.83. The largest absolute Gasteiger partial charge is 0.481 e. The molecule has 1 aliphatic rings. The summed E-state index contributed by atoms with van der Waals surface area (Å²) in [6.45, 7) is 4.57. The molecule has 1 unspecified atom stereocenters. The van der Waals surface area contributed by atoms with Gasteiger partial charge in [0, 0.05) is 0 Å². The number of carboxylic acid groups (broad SMARTS) is 1. The van der Waals surface area contributed by atoms with E-state index >= 15 is 0 Å². The van der Waals surface area contributed by atoms with Crippen LogP contribution in [0.15, 0.2) is 5.16 Å². The number of hydrogen-bond donors (Lipinski definition) is 1. The van der Waals surface area contributed by atoms with Crippen LogP contribution in [0.4, 0.5) is 0 Å². The first kappa shape index (κ1) is 9.70. The number of carbonyl (C=O) groups is 2.